The number of hydrogen-bond acceptors (Lipinski definition) is 1. The number of rotatable bonds is 5. The number of alkyl halides is 1. The summed E-state index contributed by atoms with van der Waals surface area (Å²) < 4.78 is 59.6. The van der Waals surface area contributed by atoms with Crippen LogP contribution in [0.5, 0.6) is 5.75 Å². The van der Waals surface area contributed by atoms with Crippen LogP contribution in [-0.2, 0) is 0 Å². The minimum atomic E-state index is -0.974. The molecular formula is C21H22F4O. The lowest BCUT2D eigenvalue weighted by Gasteiger charge is -2.26. The summed E-state index contributed by atoms with van der Waals surface area (Å²) in [5.41, 5.74) is 1.16. The van der Waals surface area contributed by atoms with E-state index in [9.17, 15) is 17.6 Å². The van der Waals surface area contributed by atoms with Crippen molar-refractivity contribution in [2.45, 2.75) is 38.5 Å². The van der Waals surface area contributed by atoms with Crippen molar-refractivity contribution in [1.82, 2.24) is 0 Å². The standard InChI is InChI=1S/C21H22F4O/c1-13-2-4-14(5-3-13)15-6-7-17(18(23)10-15)16-11-19(24)21(20(25)12-16)26-9-8-22/h6-7,10-14H,2-5,8-9H2,1H3. The van der Waals surface area contributed by atoms with Gasteiger partial charge in [0.25, 0.3) is 0 Å². The third-order valence-electron chi connectivity index (χ3n) is 5.11. The van der Waals surface area contributed by atoms with E-state index in [1.54, 1.807) is 6.07 Å². The summed E-state index contributed by atoms with van der Waals surface area (Å²) in [6.45, 7) is 0.941. The van der Waals surface area contributed by atoms with Crippen molar-refractivity contribution in [3.05, 3.63) is 53.3 Å². The topological polar surface area (TPSA) is 9.23 Å². The van der Waals surface area contributed by atoms with E-state index in [1.807, 2.05) is 6.07 Å². The minimum Gasteiger partial charge on any atom is -0.485 e. The van der Waals surface area contributed by atoms with Crippen molar-refractivity contribution in [3.63, 3.8) is 0 Å². The zero-order valence-electron chi connectivity index (χ0n) is 14.7. The Balaban J connectivity index is 1.85. The lowest BCUT2D eigenvalue weighted by molar-refractivity contribution is 0.251. The maximum atomic E-state index is 14.6. The SMILES string of the molecule is CC1CCC(c2ccc(-c3cc(F)c(OCCF)c(F)c3)c(F)c2)CC1. The average Bonchev–Trinajstić information content (AvgIpc) is 2.61. The van der Waals surface area contributed by atoms with Crippen LogP contribution < -0.4 is 4.74 Å². The molecule has 5 heteroatoms. The van der Waals surface area contributed by atoms with Gasteiger partial charge in [0.05, 0.1) is 0 Å². The highest BCUT2D eigenvalue weighted by Crippen LogP contribution is 2.37. The van der Waals surface area contributed by atoms with Crippen molar-refractivity contribution in [2.75, 3.05) is 13.3 Å². The molecule has 1 nitrogen and oxygen atoms in total. The molecule has 3 rings (SSSR count). The van der Waals surface area contributed by atoms with Gasteiger partial charge >= 0.3 is 0 Å². The van der Waals surface area contributed by atoms with Gasteiger partial charge in [0.2, 0.25) is 0 Å². The van der Waals surface area contributed by atoms with E-state index in [-0.39, 0.29) is 11.1 Å². The highest BCUT2D eigenvalue weighted by molar-refractivity contribution is 5.66. The molecule has 0 spiro atoms. The van der Waals surface area contributed by atoms with Crippen LogP contribution in [0.4, 0.5) is 17.6 Å². The summed E-state index contributed by atoms with van der Waals surface area (Å²) in [5.74, 6) is -2.05. The van der Waals surface area contributed by atoms with Gasteiger partial charge in [-0.15, -0.1) is 0 Å². The van der Waals surface area contributed by atoms with E-state index in [0.29, 0.717) is 11.8 Å². The van der Waals surface area contributed by atoms with Crippen molar-refractivity contribution in [1.29, 1.82) is 0 Å². The fourth-order valence-corrected chi connectivity index (χ4v) is 3.61. The fourth-order valence-electron chi connectivity index (χ4n) is 3.61. The van der Waals surface area contributed by atoms with Crippen LogP contribution in [0.15, 0.2) is 30.3 Å². The summed E-state index contributed by atoms with van der Waals surface area (Å²) in [6, 6.07) is 6.90. The molecule has 1 saturated carbocycles. The fraction of sp³-hybridized carbons (Fsp3) is 0.429. The molecule has 0 unspecified atom stereocenters. The summed E-state index contributed by atoms with van der Waals surface area (Å²) >= 11 is 0. The molecule has 0 amide bonds. The maximum Gasteiger partial charge on any atom is 0.190 e. The molecule has 2 aromatic rings. The molecule has 0 saturated heterocycles. The monoisotopic (exact) mass is 366 g/mol. The van der Waals surface area contributed by atoms with Crippen LogP contribution in [0.3, 0.4) is 0 Å². The molecule has 1 aliphatic carbocycles. The second-order valence-electron chi connectivity index (χ2n) is 7.00. The number of benzene rings is 2. The third-order valence-corrected chi connectivity index (χ3v) is 5.11. The maximum absolute atomic E-state index is 14.6. The smallest absolute Gasteiger partial charge is 0.190 e. The van der Waals surface area contributed by atoms with Crippen LogP contribution in [0.2, 0.25) is 0 Å². The van der Waals surface area contributed by atoms with Crippen LogP contribution in [0.25, 0.3) is 11.1 Å². The largest absolute Gasteiger partial charge is 0.485 e. The molecule has 0 heterocycles. The highest BCUT2D eigenvalue weighted by Gasteiger charge is 2.21. The Morgan fingerprint density at radius 3 is 2.15 bits per heavy atom. The zero-order chi connectivity index (χ0) is 18.7. The normalized spacial score (nSPS) is 20.2. The summed E-state index contributed by atoms with van der Waals surface area (Å²) in [6.07, 6.45) is 4.32. The quantitative estimate of drug-likeness (QED) is 0.555. The first-order chi connectivity index (χ1) is 12.5. The predicted octanol–water partition coefficient (Wildman–Crippen LogP) is 6.41. The molecular weight excluding hydrogens is 344 g/mol. The second kappa shape index (κ2) is 8.11. The number of hydrogen-bond donors (Lipinski definition) is 0. The summed E-state index contributed by atoms with van der Waals surface area (Å²) in [4.78, 5) is 0. The van der Waals surface area contributed by atoms with Crippen LogP contribution in [-0.4, -0.2) is 13.3 Å². The van der Waals surface area contributed by atoms with Gasteiger partial charge in [-0.3, -0.25) is 0 Å². The molecule has 0 aromatic heterocycles. The highest BCUT2D eigenvalue weighted by atomic mass is 19.1. The molecule has 140 valence electrons. The van der Waals surface area contributed by atoms with E-state index < -0.39 is 36.5 Å². The van der Waals surface area contributed by atoms with Crippen molar-refractivity contribution < 1.29 is 22.3 Å². The second-order valence-corrected chi connectivity index (χ2v) is 7.00. The Bertz CT molecular complexity index is 744. The van der Waals surface area contributed by atoms with Gasteiger partial charge in [0.1, 0.15) is 19.1 Å². The first-order valence-electron chi connectivity index (χ1n) is 8.97. The van der Waals surface area contributed by atoms with E-state index in [1.165, 1.54) is 6.07 Å². The molecule has 0 aliphatic heterocycles. The molecule has 0 radical (unpaired) electrons. The van der Waals surface area contributed by atoms with Gasteiger partial charge in [-0.1, -0.05) is 31.9 Å². The van der Waals surface area contributed by atoms with Gasteiger partial charge < -0.3 is 4.74 Å². The van der Waals surface area contributed by atoms with E-state index in [0.717, 1.165) is 43.4 Å². The molecule has 26 heavy (non-hydrogen) atoms. The lowest BCUT2D eigenvalue weighted by Crippen LogP contribution is -2.11. The minimum absolute atomic E-state index is 0.0916. The van der Waals surface area contributed by atoms with Gasteiger partial charge in [0.15, 0.2) is 17.4 Å². The van der Waals surface area contributed by atoms with Crippen molar-refractivity contribution in [2.24, 2.45) is 5.92 Å². The molecule has 1 fully saturated rings. The Kier molecular flexibility index (Phi) is 5.84. The first kappa shape index (κ1) is 18.7. The van der Waals surface area contributed by atoms with Crippen molar-refractivity contribution in [3.8, 4) is 16.9 Å². The van der Waals surface area contributed by atoms with Gasteiger partial charge in [-0.2, -0.15) is 0 Å². The molecule has 2 aromatic carbocycles. The molecule has 1 aliphatic rings. The van der Waals surface area contributed by atoms with Crippen LogP contribution in [0, 0.1) is 23.4 Å². The van der Waals surface area contributed by atoms with Crippen molar-refractivity contribution >= 4 is 0 Å². The van der Waals surface area contributed by atoms with Crippen LogP contribution in [0.1, 0.15) is 44.1 Å². The van der Waals surface area contributed by atoms with Gasteiger partial charge in [0, 0.05) is 5.56 Å². The van der Waals surface area contributed by atoms with E-state index in [2.05, 4.69) is 6.92 Å². The first-order valence-corrected chi connectivity index (χ1v) is 8.97. The Morgan fingerprint density at radius 2 is 1.58 bits per heavy atom. The molecule has 0 atom stereocenters. The lowest BCUT2D eigenvalue weighted by atomic mass is 9.79. The number of ether oxygens (including phenoxy) is 1. The molecule has 0 N–H and O–H groups in total. The third kappa shape index (κ3) is 4.02. The van der Waals surface area contributed by atoms with Gasteiger partial charge in [-0.05, 0) is 54.0 Å². The van der Waals surface area contributed by atoms with Crippen LogP contribution >= 0.6 is 0 Å². The summed E-state index contributed by atoms with van der Waals surface area (Å²) in [7, 11) is 0. The predicted molar refractivity (Wildman–Crippen MR) is 93.6 cm³/mol. The van der Waals surface area contributed by atoms with Gasteiger partial charge in [-0.25, -0.2) is 17.6 Å². The van der Waals surface area contributed by atoms with E-state index in [4.69, 9.17) is 4.74 Å². The zero-order valence-corrected chi connectivity index (χ0v) is 14.7. The Labute approximate surface area is 151 Å². The Hall–Kier alpha value is -2.04. The number of halogens is 4. The van der Waals surface area contributed by atoms with E-state index >= 15 is 0 Å². The molecule has 0 bridgehead atoms. The average molecular weight is 366 g/mol. The summed E-state index contributed by atoms with van der Waals surface area (Å²) in [5, 5.41) is 0. The Morgan fingerprint density at radius 1 is 0.923 bits per heavy atom.